The lowest BCUT2D eigenvalue weighted by molar-refractivity contribution is -0.137. The van der Waals surface area contributed by atoms with Crippen molar-refractivity contribution < 1.29 is 26.7 Å². The number of nitrogens with one attached hydrogen (secondary N) is 1. The Hall–Kier alpha value is -2.22. The van der Waals surface area contributed by atoms with Crippen LogP contribution in [0.15, 0.2) is 30.5 Å². The summed E-state index contributed by atoms with van der Waals surface area (Å²) in [6.45, 7) is -0.342. The number of halogens is 6. The fourth-order valence-corrected chi connectivity index (χ4v) is 1.92. The van der Waals surface area contributed by atoms with E-state index in [0.717, 1.165) is 18.2 Å². The Morgan fingerprint density at radius 2 is 1.96 bits per heavy atom. The van der Waals surface area contributed by atoms with Gasteiger partial charge in [0.1, 0.15) is 0 Å². The Morgan fingerprint density at radius 1 is 1.26 bits per heavy atom. The number of rotatable bonds is 3. The summed E-state index contributed by atoms with van der Waals surface area (Å²) in [5.74, 6) is -3.46. The van der Waals surface area contributed by atoms with Crippen molar-refractivity contribution in [2.45, 2.75) is 12.7 Å². The molecule has 0 bridgehead atoms. The Bertz CT molecular complexity index is 748. The molecule has 0 unspecified atom stereocenters. The molecule has 0 atom stereocenters. The molecular weight excluding hydrogens is 343 g/mol. The number of benzene rings is 1. The number of alkyl halides is 3. The highest BCUT2D eigenvalue weighted by molar-refractivity contribution is 6.31. The zero-order valence-corrected chi connectivity index (χ0v) is 12.0. The lowest BCUT2D eigenvalue weighted by Gasteiger charge is -2.10. The third-order valence-electron chi connectivity index (χ3n) is 2.86. The number of hydrogen-bond donors (Lipinski definition) is 1. The molecule has 0 saturated carbocycles. The van der Waals surface area contributed by atoms with Crippen molar-refractivity contribution in [3.8, 4) is 0 Å². The molecule has 1 aromatic heterocycles. The Balaban J connectivity index is 2.12. The van der Waals surface area contributed by atoms with E-state index in [4.69, 9.17) is 11.6 Å². The minimum absolute atomic E-state index is 0.0372. The maximum Gasteiger partial charge on any atom is 0.417 e. The van der Waals surface area contributed by atoms with E-state index in [2.05, 4.69) is 10.3 Å². The van der Waals surface area contributed by atoms with Crippen LogP contribution in [-0.2, 0) is 12.7 Å². The van der Waals surface area contributed by atoms with Gasteiger partial charge in [-0.15, -0.1) is 0 Å². The fourth-order valence-electron chi connectivity index (χ4n) is 1.69. The first-order valence-corrected chi connectivity index (χ1v) is 6.51. The number of aromatic nitrogens is 1. The van der Waals surface area contributed by atoms with E-state index in [1.54, 1.807) is 0 Å². The minimum atomic E-state index is -4.59. The normalized spacial score (nSPS) is 11.4. The third-order valence-corrected chi connectivity index (χ3v) is 3.18. The summed E-state index contributed by atoms with van der Waals surface area (Å²) < 4.78 is 63.9. The maximum absolute atomic E-state index is 13.4. The third kappa shape index (κ3) is 3.95. The first-order valence-electron chi connectivity index (χ1n) is 6.14. The van der Waals surface area contributed by atoms with Crippen molar-refractivity contribution in [1.29, 1.82) is 0 Å². The van der Waals surface area contributed by atoms with E-state index >= 15 is 0 Å². The average Bonchev–Trinajstić information content (AvgIpc) is 2.47. The van der Waals surface area contributed by atoms with Crippen LogP contribution in [0.25, 0.3) is 0 Å². The second kappa shape index (κ2) is 6.49. The average molecular weight is 351 g/mol. The predicted octanol–water partition coefficient (Wildman–Crippen LogP) is 3.96. The second-order valence-electron chi connectivity index (χ2n) is 4.43. The molecule has 3 nitrogen and oxygen atoms in total. The zero-order valence-electron chi connectivity index (χ0n) is 11.2. The number of carbonyl (C=O) groups is 1. The quantitative estimate of drug-likeness (QED) is 0.851. The lowest BCUT2D eigenvalue weighted by atomic mass is 10.2. The topological polar surface area (TPSA) is 42.0 Å². The molecule has 122 valence electrons. The van der Waals surface area contributed by atoms with Crippen LogP contribution in [0.3, 0.4) is 0 Å². The highest BCUT2D eigenvalue weighted by atomic mass is 35.5. The molecule has 0 spiro atoms. The van der Waals surface area contributed by atoms with Gasteiger partial charge in [0.25, 0.3) is 5.91 Å². The minimum Gasteiger partial charge on any atom is -0.346 e. The highest BCUT2D eigenvalue weighted by Gasteiger charge is 2.31. The van der Waals surface area contributed by atoms with Gasteiger partial charge in [-0.1, -0.05) is 17.7 Å². The Labute approximate surface area is 132 Å². The predicted molar refractivity (Wildman–Crippen MR) is 71.8 cm³/mol. The summed E-state index contributed by atoms with van der Waals surface area (Å²) in [5.41, 5.74) is -1.60. The molecule has 0 saturated heterocycles. The smallest absolute Gasteiger partial charge is 0.346 e. The van der Waals surface area contributed by atoms with Crippen molar-refractivity contribution in [3.05, 3.63) is 63.9 Å². The maximum atomic E-state index is 13.4. The van der Waals surface area contributed by atoms with Crippen LogP contribution >= 0.6 is 11.6 Å². The van der Waals surface area contributed by atoms with E-state index in [1.165, 1.54) is 0 Å². The molecular formula is C14H8ClF5N2O. The van der Waals surface area contributed by atoms with E-state index in [0.29, 0.717) is 12.3 Å². The number of carbonyl (C=O) groups excluding carboxylic acids is 1. The molecule has 1 N–H and O–H groups in total. The van der Waals surface area contributed by atoms with Crippen LogP contribution in [0.4, 0.5) is 22.0 Å². The second-order valence-corrected chi connectivity index (χ2v) is 4.84. The molecule has 0 radical (unpaired) electrons. The summed E-state index contributed by atoms with van der Waals surface area (Å²) in [5, 5.41) is 1.90. The van der Waals surface area contributed by atoms with Crippen LogP contribution in [0, 0.1) is 11.6 Å². The number of pyridine rings is 1. The molecule has 0 fully saturated rings. The van der Waals surface area contributed by atoms with Gasteiger partial charge in [0.2, 0.25) is 0 Å². The molecule has 1 aromatic carbocycles. The van der Waals surface area contributed by atoms with Crippen molar-refractivity contribution in [1.82, 2.24) is 10.3 Å². The number of nitrogens with zero attached hydrogens (tertiary/aromatic N) is 1. The van der Waals surface area contributed by atoms with Gasteiger partial charge in [0, 0.05) is 6.20 Å². The SMILES string of the molecule is O=C(NCc1ncc(C(F)(F)F)cc1Cl)c1cccc(F)c1F. The summed E-state index contributed by atoms with van der Waals surface area (Å²) in [4.78, 5) is 15.3. The summed E-state index contributed by atoms with van der Waals surface area (Å²) in [6, 6.07) is 3.73. The van der Waals surface area contributed by atoms with E-state index in [-0.39, 0.29) is 17.3 Å². The van der Waals surface area contributed by atoms with Gasteiger partial charge < -0.3 is 5.32 Å². The van der Waals surface area contributed by atoms with Crippen LogP contribution in [-0.4, -0.2) is 10.9 Å². The van der Waals surface area contributed by atoms with Crippen LogP contribution in [0.5, 0.6) is 0 Å². The fraction of sp³-hybridized carbons (Fsp3) is 0.143. The Kier molecular flexibility index (Phi) is 4.84. The summed E-state index contributed by atoms with van der Waals surface area (Å²) in [6.07, 6.45) is -4.03. The molecule has 2 aromatic rings. The van der Waals surface area contributed by atoms with Crippen molar-refractivity contribution in [3.63, 3.8) is 0 Å². The molecule has 9 heteroatoms. The van der Waals surface area contributed by atoms with Crippen LogP contribution in [0.1, 0.15) is 21.6 Å². The highest BCUT2D eigenvalue weighted by Crippen LogP contribution is 2.31. The van der Waals surface area contributed by atoms with Gasteiger partial charge >= 0.3 is 6.18 Å². The van der Waals surface area contributed by atoms with Gasteiger partial charge in [0.15, 0.2) is 11.6 Å². The first kappa shape index (κ1) is 17.1. The molecule has 0 aliphatic rings. The van der Waals surface area contributed by atoms with Gasteiger partial charge in [-0.2, -0.15) is 13.2 Å². The molecule has 0 aliphatic heterocycles. The van der Waals surface area contributed by atoms with Gasteiger partial charge in [-0.25, -0.2) is 8.78 Å². The van der Waals surface area contributed by atoms with E-state index in [9.17, 15) is 26.7 Å². The van der Waals surface area contributed by atoms with Crippen molar-refractivity contribution >= 4 is 17.5 Å². The first-order chi connectivity index (χ1) is 10.7. The van der Waals surface area contributed by atoms with E-state index in [1.807, 2.05) is 0 Å². The van der Waals surface area contributed by atoms with Crippen LogP contribution < -0.4 is 5.32 Å². The summed E-state index contributed by atoms with van der Waals surface area (Å²) in [7, 11) is 0. The lowest BCUT2D eigenvalue weighted by Crippen LogP contribution is -2.25. The van der Waals surface area contributed by atoms with E-state index < -0.39 is 34.8 Å². The van der Waals surface area contributed by atoms with Gasteiger partial charge in [0.05, 0.1) is 28.4 Å². The monoisotopic (exact) mass is 350 g/mol. The summed E-state index contributed by atoms with van der Waals surface area (Å²) >= 11 is 5.67. The molecule has 23 heavy (non-hydrogen) atoms. The standard InChI is InChI=1S/C14H8ClF5N2O/c15-9-4-7(14(18,19)20)5-21-11(9)6-22-13(23)8-2-1-3-10(16)12(8)17/h1-5H,6H2,(H,22,23). The largest absolute Gasteiger partial charge is 0.417 e. The molecule has 2 rings (SSSR count). The Morgan fingerprint density at radius 3 is 2.57 bits per heavy atom. The van der Waals surface area contributed by atoms with Crippen molar-refractivity contribution in [2.75, 3.05) is 0 Å². The van der Waals surface area contributed by atoms with Gasteiger partial charge in [-0.3, -0.25) is 9.78 Å². The van der Waals surface area contributed by atoms with Crippen molar-refractivity contribution in [2.24, 2.45) is 0 Å². The molecule has 0 aliphatic carbocycles. The van der Waals surface area contributed by atoms with Gasteiger partial charge in [-0.05, 0) is 18.2 Å². The molecule has 1 heterocycles. The molecule has 1 amide bonds. The number of hydrogen-bond acceptors (Lipinski definition) is 2. The zero-order chi connectivity index (χ0) is 17.2. The number of amides is 1. The van der Waals surface area contributed by atoms with Crippen LogP contribution in [0.2, 0.25) is 5.02 Å².